The smallest absolute Gasteiger partial charge is 0.323 e. The van der Waals surface area contributed by atoms with Crippen LogP contribution in [0.25, 0.3) is 0 Å². The van der Waals surface area contributed by atoms with Crippen LogP contribution in [0.4, 0.5) is 0 Å². The Bertz CT molecular complexity index is 570. The van der Waals surface area contributed by atoms with Crippen LogP contribution in [0.2, 0.25) is 0 Å². The second-order valence-electron chi connectivity index (χ2n) is 4.30. The molecule has 1 atom stereocenters. The molecule has 0 saturated heterocycles. The largest absolute Gasteiger partial charge is 0.425 e. The molecule has 3 rings (SSSR count). The van der Waals surface area contributed by atoms with Crippen molar-refractivity contribution in [3.8, 4) is 5.75 Å². The first-order valence-electron chi connectivity index (χ1n) is 5.63. The number of carbonyl (C=O) groups is 1. The van der Waals surface area contributed by atoms with Crippen molar-refractivity contribution in [1.29, 1.82) is 0 Å². The Balaban J connectivity index is 2.09. The third-order valence-corrected chi connectivity index (χ3v) is 3.09. The molecule has 84 valence electrons. The molecule has 2 heteroatoms. The molecule has 0 aromatic heterocycles. The van der Waals surface area contributed by atoms with Gasteiger partial charge in [-0.1, -0.05) is 48.0 Å². The van der Waals surface area contributed by atoms with E-state index in [-0.39, 0.29) is 11.9 Å². The first-order chi connectivity index (χ1) is 8.25. The van der Waals surface area contributed by atoms with Crippen LogP contribution in [-0.2, 0) is 4.79 Å². The van der Waals surface area contributed by atoms with Gasteiger partial charge in [-0.3, -0.25) is 4.79 Å². The average molecular weight is 224 g/mol. The molecule has 2 aromatic carbocycles. The molecule has 17 heavy (non-hydrogen) atoms. The number of carbonyl (C=O) groups excluding carboxylic acids is 1. The van der Waals surface area contributed by atoms with Gasteiger partial charge < -0.3 is 4.74 Å². The Hall–Kier alpha value is -2.09. The topological polar surface area (TPSA) is 26.3 Å². The summed E-state index contributed by atoms with van der Waals surface area (Å²) < 4.78 is 5.27. The van der Waals surface area contributed by atoms with E-state index in [0.29, 0.717) is 5.75 Å². The zero-order chi connectivity index (χ0) is 11.8. The van der Waals surface area contributed by atoms with Crippen molar-refractivity contribution in [2.24, 2.45) is 0 Å². The van der Waals surface area contributed by atoms with E-state index in [0.717, 1.165) is 11.1 Å². The maximum Gasteiger partial charge on any atom is 0.323 e. The zero-order valence-electron chi connectivity index (χ0n) is 9.51. The number of aryl methyl sites for hydroxylation is 1. The molecule has 0 amide bonds. The summed E-state index contributed by atoms with van der Waals surface area (Å²) in [7, 11) is 0. The van der Waals surface area contributed by atoms with Crippen molar-refractivity contribution in [2.45, 2.75) is 12.8 Å². The van der Waals surface area contributed by atoms with Gasteiger partial charge in [-0.15, -0.1) is 0 Å². The average Bonchev–Trinajstić information content (AvgIpc) is 2.66. The second kappa shape index (κ2) is 3.74. The molecule has 1 heterocycles. The molecule has 0 N–H and O–H groups in total. The van der Waals surface area contributed by atoms with Crippen molar-refractivity contribution in [3.05, 3.63) is 65.2 Å². The van der Waals surface area contributed by atoms with Gasteiger partial charge in [0.25, 0.3) is 0 Å². The predicted octanol–water partition coefficient (Wildman–Crippen LogP) is 3.05. The second-order valence-corrected chi connectivity index (χ2v) is 4.30. The minimum Gasteiger partial charge on any atom is -0.425 e. The summed E-state index contributed by atoms with van der Waals surface area (Å²) in [6.45, 7) is 2.03. The SMILES string of the molecule is Cc1ccc([C@H]2C(=O)Oc3ccccc32)cc1. The molecule has 0 fully saturated rings. The minimum absolute atomic E-state index is 0.185. The Labute approximate surface area is 99.9 Å². The quantitative estimate of drug-likeness (QED) is 0.549. The van der Waals surface area contributed by atoms with Gasteiger partial charge in [0.2, 0.25) is 0 Å². The van der Waals surface area contributed by atoms with E-state index < -0.39 is 0 Å². The number of benzene rings is 2. The highest BCUT2D eigenvalue weighted by atomic mass is 16.5. The van der Waals surface area contributed by atoms with Crippen molar-refractivity contribution >= 4 is 5.97 Å². The van der Waals surface area contributed by atoms with E-state index >= 15 is 0 Å². The van der Waals surface area contributed by atoms with Gasteiger partial charge in [0.05, 0.1) is 0 Å². The Kier molecular flexibility index (Phi) is 2.22. The molecule has 1 aliphatic rings. The van der Waals surface area contributed by atoms with Gasteiger partial charge in [-0.2, -0.15) is 0 Å². The van der Waals surface area contributed by atoms with Crippen LogP contribution < -0.4 is 4.74 Å². The fraction of sp³-hybridized carbons (Fsp3) is 0.133. The summed E-state index contributed by atoms with van der Waals surface area (Å²) in [5.41, 5.74) is 3.14. The lowest BCUT2D eigenvalue weighted by atomic mass is 9.92. The highest BCUT2D eigenvalue weighted by molar-refractivity contribution is 5.89. The fourth-order valence-corrected chi connectivity index (χ4v) is 2.18. The summed E-state index contributed by atoms with van der Waals surface area (Å²) in [6.07, 6.45) is 0. The number of fused-ring (bicyclic) bond motifs is 1. The lowest BCUT2D eigenvalue weighted by Crippen LogP contribution is -2.11. The molecule has 0 aliphatic carbocycles. The van der Waals surface area contributed by atoms with Crippen molar-refractivity contribution in [3.63, 3.8) is 0 Å². The van der Waals surface area contributed by atoms with E-state index in [4.69, 9.17) is 4.74 Å². The Morgan fingerprint density at radius 1 is 1.00 bits per heavy atom. The van der Waals surface area contributed by atoms with Gasteiger partial charge in [-0.25, -0.2) is 0 Å². The Morgan fingerprint density at radius 3 is 2.47 bits per heavy atom. The highest BCUT2D eigenvalue weighted by Crippen LogP contribution is 2.38. The zero-order valence-corrected chi connectivity index (χ0v) is 9.51. The van der Waals surface area contributed by atoms with Crippen LogP contribution in [0.15, 0.2) is 48.5 Å². The molecule has 0 bridgehead atoms. The molecule has 0 spiro atoms. The fourth-order valence-electron chi connectivity index (χ4n) is 2.18. The van der Waals surface area contributed by atoms with Crippen molar-refractivity contribution in [2.75, 3.05) is 0 Å². The van der Waals surface area contributed by atoms with E-state index in [1.165, 1.54) is 5.56 Å². The van der Waals surface area contributed by atoms with Gasteiger partial charge in [0.15, 0.2) is 0 Å². The molecule has 2 nitrogen and oxygen atoms in total. The number of hydrogen-bond donors (Lipinski definition) is 0. The number of hydrogen-bond acceptors (Lipinski definition) is 2. The normalized spacial score (nSPS) is 17.7. The van der Waals surface area contributed by atoms with Crippen molar-refractivity contribution in [1.82, 2.24) is 0 Å². The molecule has 0 unspecified atom stereocenters. The lowest BCUT2D eigenvalue weighted by Gasteiger charge is -2.07. The summed E-state index contributed by atoms with van der Waals surface area (Å²) in [4.78, 5) is 11.9. The predicted molar refractivity (Wildman–Crippen MR) is 65.1 cm³/mol. The van der Waals surface area contributed by atoms with E-state index in [1.807, 2.05) is 55.5 Å². The number of esters is 1. The van der Waals surface area contributed by atoms with Crippen molar-refractivity contribution < 1.29 is 9.53 Å². The Morgan fingerprint density at radius 2 is 1.71 bits per heavy atom. The third kappa shape index (κ3) is 1.62. The van der Waals surface area contributed by atoms with Gasteiger partial charge in [0.1, 0.15) is 11.7 Å². The van der Waals surface area contributed by atoms with Crippen LogP contribution in [0.1, 0.15) is 22.6 Å². The maximum atomic E-state index is 11.9. The summed E-state index contributed by atoms with van der Waals surface area (Å²) >= 11 is 0. The number of para-hydroxylation sites is 1. The molecule has 0 radical (unpaired) electrons. The van der Waals surface area contributed by atoms with Crippen LogP contribution in [0.5, 0.6) is 5.75 Å². The standard InChI is InChI=1S/C15H12O2/c1-10-6-8-11(9-7-10)14-12-4-2-3-5-13(12)17-15(14)16/h2-9,14H,1H3/t14-/m1/s1. The van der Waals surface area contributed by atoms with Gasteiger partial charge in [0, 0.05) is 5.56 Å². The minimum atomic E-state index is -0.271. The van der Waals surface area contributed by atoms with E-state index in [2.05, 4.69) is 0 Å². The van der Waals surface area contributed by atoms with Gasteiger partial charge in [-0.05, 0) is 18.6 Å². The number of ether oxygens (including phenoxy) is 1. The first-order valence-corrected chi connectivity index (χ1v) is 5.63. The molecule has 0 saturated carbocycles. The van der Waals surface area contributed by atoms with Crippen LogP contribution >= 0.6 is 0 Å². The maximum absolute atomic E-state index is 11.9. The van der Waals surface area contributed by atoms with E-state index in [9.17, 15) is 4.79 Å². The lowest BCUT2D eigenvalue weighted by molar-refractivity contribution is -0.133. The highest BCUT2D eigenvalue weighted by Gasteiger charge is 2.33. The first kappa shape index (κ1) is 10.1. The van der Waals surface area contributed by atoms with E-state index in [1.54, 1.807) is 0 Å². The molecule has 2 aromatic rings. The van der Waals surface area contributed by atoms with Crippen LogP contribution in [0.3, 0.4) is 0 Å². The molecular weight excluding hydrogens is 212 g/mol. The summed E-state index contributed by atoms with van der Waals surface area (Å²) in [6, 6.07) is 15.6. The summed E-state index contributed by atoms with van der Waals surface area (Å²) in [5, 5.41) is 0. The van der Waals surface area contributed by atoms with Crippen LogP contribution in [-0.4, -0.2) is 5.97 Å². The number of rotatable bonds is 1. The molecule has 1 aliphatic heterocycles. The monoisotopic (exact) mass is 224 g/mol. The third-order valence-electron chi connectivity index (χ3n) is 3.09. The summed E-state index contributed by atoms with van der Waals surface area (Å²) in [5.74, 6) is 0.227. The van der Waals surface area contributed by atoms with Gasteiger partial charge >= 0.3 is 5.97 Å². The molecular formula is C15H12O2. The van der Waals surface area contributed by atoms with Crippen LogP contribution in [0, 0.1) is 6.92 Å².